The molecule has 1 heterocycles. The SMILES string of the molecule is C#CC(N)c1cc(C)nc2ccccc12. The summed E-state index contributed by atoms with van der Waals surface area (Å²) in [7, 11) is 0. The van der Waals surface area contributed by atoms with Gasteiger partial charge < -0.3 is 5.73 Å². The van der Waals surface area contributed by atoms with Crippen LogP contribution in [0.2, 0.25) is 0 Å². The van der Waals surface area contributed by atoms with E-state index >= 15 is 0 Å². The van der Waals surface area contributed by atoms with Gasteiger partial charge in [-0.15, -0.1) is 6.42 Å². The van der Waals surface area contributed by atoms with Crippen molar-refractivity contribution in [3.8, 4) is 12.3 Å². The Kier molecular flexibility index (Phi) is 2.40. The first-order chi connectivity index (χ1) is 7.22. The second kappa shape index (κ2) is 3.72. The van der Waals surface area contributed by atoms with Crippen LogP contribution in [0, 0.1) is 19.3 Å². The predicted octanol–water partition coefficient (Wildman–Crippen LogP) is 2.18. The van der Waals surface area contributed by atoms with Gasteiger partial charge in [-0.25, -0.2) is 0 Å². The van der Waals surface area contributed by atoms with Crippen molar-refractivity contribution in [1.82, 2.24) is 4.98 Å². The number of aromatic nitrogens is 1. The molecule has 2 nitrogen and oxygen atoms in total. The third kappa shape index (κ3) is 1.70. The first kappa shape index (κ1) is 9.70. The van der Waals surface area contributed by atoms with E-state index in [0.717, 1.165) is 22.2 Å². The molecule has 0 spiro atoms. The van der Waals surface area contributed by atoms with E-state index in [4.69, 9.17) is 12.2 Å². The molecule has 0 bridgehead atoms. The average molecular weight is 196 g/mol. The van der Waals surface area contributed by atoms with Gasteiger partial charge in [0.05, 0.1) is 11.6 Å². The fourth-order valence-corrected chi connectivity index (χ4v) is 1.69. The fraction of sp³-hybridized carbons (Fsp3) is 0.154. The van der Waals surface area contributed by atoms with Gasteiger partial charge in [0.2, 0.25) is 0 Å². The van der Waals surface area contributed by atoms with Gasteiger partial charge in [0, 0.05) is 11.1 Å². The molecule has 2 aromatic rings. The Labute approximate surface area is 89.1 Å². The molecule has 0 saturated carbocycles. The maximum Gasteiger partial charge on any atom is 0.0925 e. The quantitative estimate of drug-likeness (QED) is 0.710. The summed E-state index contributed by atoms with van der Waals surface area (Å²) in [5.74, 6) is 2.55. The maximum atomic E-state index is 5.87. The monoisotopic (exact) mass is 196 g/mol. The van der Waals surface area contributed by atoms with Crippen molar-refractivity contribution < 1.29 is 0 Å². The molecule has 1 atom stereocenters. The standard InChI is InChI=1S/C13H12N2/c1-3-12(14)11-8-9(2)15-13-7-5-4-6-10(11)13/h1,4-8,12H,14H2,2H3. The van der Waals surface area contributed by atoms with E-state index < -0.39 is 0 Å². The Bertz CT molecular complexity index is 538. The lowest BCUT2D eigenvalue weighted by Gasteiger charge is -2.09. The molecule has 1 aromatic carbocycles. The van der Waals surface area contributed by atoms with Crippen LogP contribution in [0.1, 0.15) is 17.3 Å². The molecule has 0 amide bonds. The molecule has 0 aliphatic heterocycles. The van der Waals surface area contributed by atoms with Crippen LogP contribution in [-0.2, 0) is 0 Å². The van der Waals surface area contributed by atoms with E-state index in [1.165, 1.54) is 0 Å². The summed E-state index contributed by atoms with van der Waals surface area (Å²) in [4.78, 5) is 4.43. The van der Waals surface area contributed by atoms with E-state index in [2.05, 4.69) is 10.9 Å². The molecule has 0 radical (unpaired) electrons. The molecule has 2 rings (SSSR count). The van der Waals surface area contributed by atoms with Crippen molar-refractivity contribution >= 4 is 10.9 Å². The number of para-hydroxylation sites is 1. The Balaban J connectivity index is 2.78. The lowest BCUT2D eigenvalue weighted by molar-refractivity contribution is 0.950. The second-order valence-electron chi connectivity index (χ2n) is 3.51. The molecule has 0 fully saturated rings. The van der Waals surface area contributed by atoms with Gasteiger partial charge in [-0.2, -0.15) is 0 Å². The molecule has 2 N–H and O–H groups in total. The van der Waals surface area contributed by atoms with E-state index in [-0.39, 0.29) is 6.04 Å². The van der Waals surface area contributed by atoms with E-state index in [9.17, 15) is 0 Å². The van der Waals surface area contributed by atoms with E-state index in [1.54, 1.807) is 0 Å². The summed E-state index contributed by atoms with van der Waals surface area (Å²) >= 11 is 0. The Morgan fingerprint density at radius 2 is 2.13 bits per heavy atom. The number of nitrogens with two attached hydrogens (primary N) is 1. The van der Waals surface area contributed by atoms with Crippen molar-refractivity contribution in [1.29, 1.82) is 0 Å². The van der Waals surface area contributed by atoms with Gasteiger partial charge in [0.1, 0.15) is 0 Å². The highest BCUT2D eigenvalue weighted by molar-refractivity contribution is 5.83. The van der Waals surface area contributed by atoms with Crippen molar-refractivity contribution in [2.45, 2.75) is 13.0 Å². The molecule has 1 aromatic heterocycles. The second-order valence-corrected chi connectivity index (χ2v) is 3.51. The number of nitrogens with zero attached hydrogens (tertiary/aromatic N) is 1. The topological polar surface area (TPSA) is 38.9 Å². The van der Waals surface area contributed by atoms with Crippen LogP contribution in [0.3, 0.4) is 0 Å². The average Bonchev–Trinajstić information content (AvgIpc) is 2.26. The van der Waals surface area contributed by atoms with Gasteiger partial charge >= 0.3 is 0 Å². The van der Waals surface area contributed by atoms with Crippen LogP contribution in [0.4, 0.5) is 0 Å². The van der Waals surface area contributed by atoms with E-state index in [1.807, 2.05) is 37.3 Å². The number of aryl methyl sites for hydroxylation is 1. The molecule has 1 unspecified atom stereocenters. The highest BCUT2D eigenvalue weighted by Crippen LogP contribution is 2.22. The summed E-state index contributed by atoms with van der Waals surface area (Å²) in [6.45, 7) is 1.94. The smallest absolute Gasteiger partial charge is 0.0925 e. The minimum absolute atomic E-state index is 0.364. The highest BCUT2D eigenvalue weighted by Gasteiger charge is 2.08. The summed E-state index contributed by atoms with van der Waals surface area (Å²) in [5.41, 5.74) is 8.72. The zero-order valence-electron chi connectivity index (χ0n) is 8.57. The third-order valence-electron chi connectivity index (χ3n) is 2.39. The van der Waals surface area contributed by atoms with Crippen LogP contribution in [0.15, 0.2) is 30.3 Å². The molecule has 0 saturated heterocycles. The normalized spacial score (nSPS) is 12.3. The van der Waals surface area contributed by atoms with Crippen LogP contribution < -0.4 is 5.73 Å². The van der Waals surface area contributed by atoms with Gasteiger partial charge in [-0.3, -0.25) is 4.98 Å². The van der Waals surface area contributed by atoms with Gasteiger partial charge in [0.25, 0.3) is 0 Å². The predicted molar refractivity (Wildman–Crippen MR) is 62.2 cm³/mol. The lowest BCUT2D eigenvalue weighted by Crippen LogP contribution is -2.08. The number of benzene rings is 1. The van der Waals surface area contributed by atoms with Gasteiger partial charge in [-0.1, -0.05) is 24.1 Å². The van der Waals surface area contributed by atoms with E-state index in [0.29, 0.717) is 0 Å². The van der Waals surface area contributed by atoms with Crippen LogP contribution in [-0.4, -0.2) is 4.98 Å². The lowest BCUT2D eigenvalue weighted by atomic mass is 10.0. The number of hydrogen-bond acceptors (Lipinski definition) is 2. The number of hydrogen-bond donors (Lipinski definition) is 1. The van der Waals surface area contributed by atoms with Crippen LogP contribution in [0.5, 0.6) is 0 Å². The molecule has 15 heavy (non-hydrogen) atoms. The highest BCUT2D eigenvalue weighted by atomic mass is 14.7. The number of pyridine rings is 1. The summed E-state index contributed by atoms with van der Waals surface area (Å²) in [6.07, 6.45) is 5.35. The summed E-state index contributed by atoms with van der Waals surface area (Å²) < 4.78 is 0. The number of terminal acetylenes is 1. The number of fused-ring (bicyclic) bond motifs is 1. The van der Waals surface area contributed by atoms with Crippen LogP contribution in [0.25, 0.3) is 10.9 Å². The zero-order chi connectivity index (χ0) is 10.8. The zero-order valence-corrected chi connectivity index (χ0v) is 8.57. The minimum Gasteiger partial charge on any atom is -0.314 e. The minimum atomic E-state index is -0.364. The fourth-order valence-electron chi connectivity index (χ4n) is 1.69. The first-order valence-corrected chi connectivity index (χ1v) is 4.80. The van der Waals surface area contributed by atoms with Crippen molar-refractivity contribution in [2.24, 2.45) is 5.73 Å². The van der Waals surface area contributed by atoms with Crippen molar-refractivity contribution in [2.75, 3.05) is 0 Å². The van der Waals surface area contributed by atoms with Crippen LogP contribution >= 0.6 is 0 Å². The molecule has 74 valence electrons. The Morgan fingerprint density at radius 1 is 1.40 bits per heavy atom. The van der Waals surface area contributed by atoms with Gasteiger partial charge in [-0.05, 0) is 24.6 Å². The van der Waals surface area contributed by atoms with Crippen molar-refractivity contribution in [3.63, 3.8) is 0 Å². The van der Waals surface area contributed by atoms with Gasteiger partial charge in [0.15, 0.2) is 0 Å². The first-order valence-electron chi connectivity index (χ1n) is 4.80. The van der Waals surface area contributed by atoms with Crippen molar-refractivity contribution in [3.05, 3.63) is 41.6 Å². The molecule has 0 aliphatic carbocycles. The maximum absolute atomic E-state index is 5.87. The molecule has 2 heteroatoms. The Hall–Kier alpha value is -1.85. The largest absolute Gasteiger partial charge is 0.314 e. The Morgan fingerprint density at radius 3 is 2.87 bits per heavy atom. The number of rotatable bonds is 1. The third-order valence-corrected chi connectivity index (χ3v) is 2.39. The summed E-state index contributed by atoms with van der Waals surface area (Å²) in [6, 6.07) is 9.47. The molecular formula is C13H12N2. The summed E-state index contributed by atoms with van der Waals surface area (Å²) in [5, 5.41) is 1.04. The molecular weight excluding hydrogens is 184 g/mol. The molecule has 0 aliphatic rings.